The second kappa shape index (κ2) is 9.26. The zero-order valence-corrected chi connectivity index (χ0v) is 17.5. The summed E-state index contributed by atoms with van der Waals surface area (Å²) in [7, 11) is 0. The molecule has 0 bridgehead atoms. The van der Waals surface area contributed by atoms with Crippen molar-refractivity contribution in [1.29, 1.82) is 0 Å². The number of urea groups is 1. The first kappa shape index (κ1) is 21.0. The first-order valence-corrected chi connectivity index (χ1v) is 10.6. The van der Waals surface area contributed by atoms with Crippen LogP contribution in [0.15, 0.2) is 48.7 Å². The second-order valence-corrected chi connectivity index (χ2v) is 7.68. The molecule has 31 heavy (non-hydrogen) atoms. The van der Waals surface area contributed by atoms with Gasteiger partial charge in [0.25, 0.3) is 0 Å². The van der Waals surface area contributed by atoms with Gasteiger partial charge in [-0.2, -0.15) is 0 Å². The number of carbonyl (C=O) groups is 3. The Kier molecular flexibility index (Phi) is 6.27. The number of Topliss-reactive ketones (excluding diaryl/α,β-unsaturated/α-hetero) is 1. The van der Waals surface area contributed by atoms with Crippen molar-refractivity contribution >= 4 is 17.7 Å². The van der Waals surface area contributed by atoms with Crippen LogP contribution in [0.25, 0.3) is 0 Å². The fourth-order valence-electron chi connectivity index (χ4n) is 4.15. The Morgan fingerprint density at radius 2 is 2.00 bits per heavy atom. The summed E-state index contributed by atoms with van der Waals surface area (Å²) in [5.74, 6) is 0.259. The maximum atomic E-state index is 13.3. The molecular formula is C23H26N4O4. The molecule has 2 fully saturated rings. The van der Waals surface area contributed by atoms with Gasteiger partial charge in [-0.15, -0.1) is 0 Å². The van der Waals surface area contributed by atoms with E-state index in [1.54, 1.807) is 47.5 Å². The zero-order chi connectivity index (χ0) is 21.8. The molecule has 162 valence electrons. The van der Waals surface area contributed by atoms with Crippen LogP contribution in [-0.2, 0) is 11.3 Å². The molecular weight excluding hydrogens is 396 g/mol. The normalized spacial score (nSPS) is 21.1. The molecule has 8 nitrogen and oxygen atoms in total. The lowest BCUT2D eigenvalue weighted by Gasteiger charge is -2.46. The Morgan fingerprint density at radius 3 is 2.71 bits per heavy atom. The first-order valence-electron chi connectivity index (χ1n) is 10.6. The summed E-state index contributed by atoms with van der Waals surface area (Å²) in [6.07, 6.45) is 3.15. The van der Waals surface area contributed by atoms with Crippen LogP contribution in [0, 0.1) is 0 Å². The lowest BCUT2D eigenvalue weighted by Crippen LogP contribution is -2.69. The molecule has 0 spiro atoms. The van der Waals surface area contributed by atoms with E-state index in [0.29, 0.717) is 36.6 Å². The SMILES string of the molecule is CCOc1ccc(C(=O)CN2C(=O)N(Cc3ccccn3)C(=O)C3NCCCC32)cc1. The van der Waals surface area contributed by atoms with Gasteiger partial charge in [-0.25, -0.2) is 4.79 Å². The van der Waals surface area contributed by atoms with Crippen LogP contribution < -0.4 is 10.1 Å². The van der Waals surface area contributed by atoms with Crippen LogP contribution in [0.4, 0.5) is 4.79 Å². The van der Waals surface area contributed by atoms with Crippen molar-refractivity contribution in [3.63, 3.8) is 0 Å². The van der Waals surface area contributed by atoms with Gasteiger partial charge in [-0.1, -0.05) is 6.07 Å². The average molecular weight is 422 g/mol. The number of imide groups is 1. The lowest BCUT2D eigenvalue weighted by molar-refractivity contribution is -0.137. The van der Waals surface area contributed by atoms with Gasteiger partial charge in [-0.05, 0) is 62.7 Å². The summed E-state index contributed by atoms with van der Waals surface area (Å²) in [6, 6.07) is 11.0. The van der Waals surface area contributed by atoms with E-state index in [4.69, 9.17) is 4.74 Å². The fourth-order valence-corrected chi connectivity index (χ4v) is 4.15. The first-order chi connectivity index (χ1) is 15.1. The Labute approximate surface area is 181 Å². The summed E-state index contributed by atoms with van der Waals surface area (Å²) in [6.45, 7) is 3.15. The Bertz CT molecular complexity index is 948. The van der Waals surface area contributed by atoms with Crippen LogP contribution in [0.2, 0.25) is 0 Å². The van der Waals surface area contributed by atoms with Crippen LogP contribution >= 0.6 is 0 Å². The van der Waals surface area contributed by atoms with Crippen molar-refractivity contribution in [3.05, 3.63) is 59.9 Å². The van der Waals surface area contributed by atoms with Gasteiger partial charge in [-0.3, -0.25) is 19.5 Å². The van der Waals surface area contributed by atoms with E-state index in [1.807, 2.05) is 13.0 Å². The molecule has 1 aromatic heterocycles. The predicted molar refractivity (Wildman–Crippen MR) is 114 cm³/mol. The highest BCUT2D eigenvalue weighted by Crippen LogP contribution is 2.26. The minimum absolute atomic E-state index is 0.0805. The topological polar surface area (TPSA) is 91.8 Å². The van der Waals surface area contributed by atoms with E-state index in [2.05, 4.69) is 10.3 Å². The number of pyridine rings is 1. The monoisotopic (exact) mass is 422 g/mol. The van der Waals surface area contributed by atoms with Gasteiger partial charge in [0.05, 0.1) is 31.4 Å². The Balaban J connectivity index is 1.55. The number of nitrogens with zero attached hydrogens (tertiary/aromatic N) is 3. The number of piperidine rings is 1. The number of nitrogens with one attached hydrogen (secondary N) is 1. The number of carbonyl (C=O) groups excluding carboxylic acids is 3. The third-order valence-corrected chi connectivity index (χ3v) is 5.68. The summed E-state index contributed by atoms with van der Waals surface area (Å²) in [5.41, 5.74) is 1.13. The van der Waals surface area contributed by atoms with Crippen LogP contribution in [0.1, 0.15) is 35.8 Å². The summed E-state index contributed by atoms with van der Waals surface area (Å²) >= 11 is 0. The minimum atomic E-state index is -0.511. The molecule has 1 aromatic carbocycles. The van der Waals surface area contributed by atoms with Crippen LogP contribution in [-0.4, -0.2) is 64.3 Å². The molecule has 2 aliphatic rings. The minimum Gasteiger partial charge on any atom is -0.494 e. The average Bonchev–Trinajstić information content (AvgIpc) is 2.81. The highest BCUT2D eigenvalue weighted by atomic mass is 16.5. The van der Waals surface area contributed by atoms with Gasteiger partial charge >= 0.3 is 6.03 Å². The Hall–Kier alpha value is -3.26. The highest BCUT2D eigenvalue weighted by Gasteiger charge is 2.47. The standard InChI is InChI=1S/C23H26N4O4/c1-2-31-18-10-8-16(9-11-18)20(28)15-26-19-7-5-13-25-21(19)22(29)27(23(26)30)14-17-6-3-4-12-24-17/h3-4,6,8-12,19,21,25H,2,5,7,13-15H2,1H3. The van der Waals surface area contributed by atoms with Crippen molar-refractivity contribution in [2.75, 3.05) is 19.7 Å². The molecule has 2 aromatic rings. The van der Waals surface area contributed by atoms with Gasteiger partial charge in [0, 0.05) is 11.8 Å². The smallest absolute Gasteiger partial charge is 0.327 e. The molecule has 2 atom stereocenters. The highest BCUT2D eigenvalue weighted by molar-refractivity contribution is 6.04. The molecule has 4 rings (SSSR count). The number of amides is 3. The number of ether oxygens (including phenoxy) is 1. The number of aromatic nitrogens is 1. The maximum Gasteiger partial charge on any atom is 0.327 e. The van der Waals surface area contributed by atoms with Gasteiger partial charge < -0.3 is 15.0 Å². The molecule has 2 saturated heterocycles. The van der Waals surface area contributed by atoms with Gasteiger partial charge in [0.15, 0.2) is 5.78 Å². The lowest BCUT2D eigenvalue weighted by atomic mass is 9.93. The van der Waals surface area contributed by atoms with E-state index in [0.717, 1.165) is 6.42 Å². The number of rotatable bonds is 7. The molecule has 0 radical (unpaired) electrons. The van der Waals surface area contributed by atoms with E-state index in [1.165, 1.54) is 4.90 Å². The molecule has 3 amide bonds. The van der Waals surface area contributed by atoms with Crippen molar-refractivity contribution in [1.82, 2.24) is 20.1 Å². The number of benzene rings is 1. The predicted octanol–water partition coefficient (Wildman–Crippen LogP) is 2.25. The maximum absolute atomic E-state index is 13.3. The van der Waals surface area contributed by atoms with Gasteiger partial charge in [0.2, 0.25) is 5.91 Å². The third kappa shape index (κ3) is 4.44. The van der Waals surface area contributed by atoms with E-state index in [-0.39, 0.29) is 30.8 Å². The van der Waals surface area contributed by atoms with Crippen LogP contribution in [0.5, 0.6) is 5.75 Å². The largest absolute Gasteiger partial charge is 0.494 e. The number of ketones is 1. The zero-order valence-electron chi connectivity index (χ0n) is 17.5. The number of hydrogen-bond acceptors (Lipinski definition) is 6. The molecule has 3 heterocycles. The molecule has 2 unspecified atom stereocenters. The summed E-state index contributed by atoms with van der Waals surface area (Å²) in [4.78, 5) is 46.3. The number of fused-ring (bicyclic) bond motifs is 1. The fraction of sp³-hybridized carbons (Fsp3) is 0.391. The molecule has 0 saturated carbocycles. The third-order valence-electron chi connectivity index (χ3n) is 5.68. The van der Waals surface area contributed by atoms with E-state index >= 15 is 0 Å². The van der Waals surface area contributed by atoms with Crippen LogP contribution in [0.3, 0.4) is 0 Å². The van der Waals surface area contributed by atoms with Crippen molar-refractivity contribution in [2.24, 2.45) is 0 Å². The molecule has 1 N–H and O–H groups in total. The molecule has 0 aliphatic carbocycles. The Morgan fingerprint density at radius 1 is 1.19 bits per heavy atom. The van der Waals surface area contributed by atoms with Crippen molar-refractivity contribution < 1.29 is 19.1 Å². The van der Waals surface area contributed by atoms with E-state index in [9.17, 15) is 14.4 Å². The van der Waals surface area contributed by atoms with Crippen molar-refractivity contribution in [3.8, 4) is 5.75 Å². The van der Waals surface area contributed by atoms with Crippen molar-refractivity contribution in [2.45, 2.75) is 38.4 Å². The quantitative estimate of drug-likeness (QED) is 0.688. The number of hydrogen-bond donors (Lipinski definition) is 1. The van der Waals surface area contributed by atoms with E-state index < -0.39 is 12.1 Å². The second-order valence-electron chi connectivity index (χ2n) is 7.68. The molecule has 2 aliphatic heterocycles. The molecule has 8 heteroatoms. The van der Waals surface area contributed by atoms with Gasteiger partial charge in [0.1, 0.15) is 11.8 Å². The summed E-state index contributed by atoms with van der Waals surface area (Å²) < 4.78 is 5.43. The summed E-state index contributed by atoms with van der Waals surface area (Å²) in [5, 5.41) is 3.24.